The molecular formula is C14H19ClN2. The van der Waals surface area contributed by atoms with Crippen molar-refractivity contribution in [1.29, 1.82) is 0 Å². The smallest absolute Gasteiger partial charge is 0.0450 e. The van der Waals surface area contributed by atoms with E-state index in [2.05, 4.69) is 22.8 Å². The fourth-order valence-corrected chi connectivity index (χ4v) is 3.43. The van der Waals surface area contributed by atoms with Crippen molar-refractivity contribution in [2.24, 2.45) is 11.8 Å². The van der Waals surface area contributed by atoms with Crippen LogP contribution in [0.3, 0.4) is 0 Å². The lowest BCUT2D eigenvalue weighted by atomic mass is 10.0. The van der Waals surface area contributed by atoms with Gasteiger partial charge in [-0.25, -0.2) is 0 Å². The van der Waals surface area contributed by atoms with Crippen molar-refractivity contribution in [1.82, 2.24) is 10.6 Å². The fraction of sp³-hybridized carbons (Fsp3) is 0.571. The lowest BCUT2D eigenvalue weighted by Crippen LogP contribution is -2.28. The summed E-state index contributed by atoms with van der Waals surface area (Å²) in [5.41, 5.74) is 1.21. The molecule has 0 amide bonds. The van der Waals surface area contributed by atoms with Gasteiger partial charge in [0.15, 0.2) is 0 Å². The van der Waals surface area contributed by atoms with E-state index in [0.29, 0.717) is 6.04 Å². The van der Waals surface area contributed by atoms with Gasteiger partial charge in [0.25, 0.3) is 0 Å². The monoisotopic (exact) mass is 250 g/mol. The van der Waals surface area contributed by atoms with Crippen LogP contribution in [0.25, 0.3) is 0 Å². The molecule has 3 heteroatoms. The second kappa shape index (κ2) is 4.97. The van der Waals surface area contributed by atoms with Gasteiger partial charge in [-0.1, -0.05) is 29.8 Å². The first-order valence-corrected chi connectivity index (χ1v) is 6.88. The number of benzene rings is 1. The molecule has 2 aliphatic rings. The Bertz CT molecular complexity index is 382. The van der Waals surface area contributed by atoms with Crippen molar-refractivity contribution in [3.05, 3.63) is 34.9 Å². The summed E-state index contributed by atoms with van der Waals surface area (Å²) in [6.07, 6.45) is 2.64. The lowest BCUT2D eigenvalue weighted by molar-refractivity contribution is 0.485. The molecule has 1 saturated carbocycles. The van der Waals surface area contributed by atoms with E-state index >= 15 is 0 Å². The first-order valence-electron chi connectivity index (χ1n) is 6.50. The number of halogens is 1. The van der Waals surface area contributed by atoms with E-state index in [0.717, 1.165) is 23.4 Å². The molecule has 1 aliphatic carbocycles. The normalized spacial score (nSPS) is 31.7. The van der Waals surface area contributed by atoms with Crippen LogP contribution in [-0.2, 0) is 6.54 Å². The zero-order valence-electron chi connectivity index (χ0n) is 9.95. The average Bonchev–Trinajstić information content (AvgIpc) is 2.88. The van der Waals surface area contributed by atoms with Crippen LogP contribution >= 0.6 is 11.6 Å². The van der Waals surface area contributed by atoms with E-state index in [-0.39, 0.29) is 0 Å². The second-order valence-corrected chi connectivity index (χ2v) is 5.73. The standard InChI is InChI=1S/C14H19ClN2/c15-14-4-2-1-3-10(14)9-17-13-5-11-7-16-8-12(11)6-13/h1-4,11-13,16-17H,5-9H2. The van der Waals surface area contributed by atoms with E-state index < -0.39 is 0 Å². The molecular weight excluding hydrogens is 232 g/mol. The SMILES string of the molecule is Clc1ccccc1CNC1CC2CNCC2C1. The largest absolute Gasteiger partial charge is 0.316 e. The number of hydrogen-bond acceptors (Lipinski definition) is 2. The van der Waals surface area contributed by atoms with Crippen LogP contribution in [0.5, 0.6) is 0 Å². The van der Waals surface area contributed by atoms with Crippen LogP contribution in [0, 0.1) is 11.8 Å². The van der Waals surface area contributed by atoms with Crippen LogP contribution < -0.4 is 10.6 Å². The zero-order chi connectivity index (χ0) is 11.7. The summed E-state index contributed by atoms with van der Waals surface area (Å²) < 4.78 is 0. The van der Waals surface area contributed by atoms with Crippen molar-refractivity contribution in [2.45, 2.75) is 25.4 Å². The summed E-state index contributed by atoms with van der Waals surface area (Å²) >= 11 is 6.16. The molecule has 92 valence electrons. The zero-order valence-corrected chi connectivity index (χ0v) is 10.7. The van der Waals surface area contributed by atoms with Gasteiger partial charge in [-0.05, 0) is 49.4 Å². The van der Waals surface area contributed by atoms with Crippen molar-refractivity contribution in [3.63, 3.8) is 0 Å². The third-order valence-electron chi connectivity index (χ3n) is 4.19. The molecule has 2 unspecified atom stereocenters. The van der Waals surface area contributed by atoms with Gasteiger partial charge in [0.05, 0.1) is 0 Å². The second-order valence-electron chi connectivity index (χ2n) is 5.32. The quantitative estimate of drug-likeness (QED) is 0.861. The minimum Gasteiger partial charge on any atom is -0.316 e. The highest BCUT2D eigenvalue weighted by Crippen LogP contribution is 2.34. The lowest BCUT2D eigenvalue weighted by Gasteiger charge is -2.14. The molecule has 2 atom stereocenters. The maximum absolute atomic E-state index is 6.16. The first-order chi connectivity index (χ1) is 8.33. The minimum absolute atomic E-state index is 0.684. The molecule has 0 bridgehead atoms. The van der Waals surface area contributed by atoms with E-state index in [9.17, 15) is 0 Å². The maximum Gasteiger partial charge on any atom is 0.0450 e. The van der Waals surface area contributed by atoms with Crippen molar-refractivity contribution in [3.8, 4) is 0 Å². The number of fused-ring (bicyclic) bond motifs is 1. The average molecular weight is 251 g/mol. The number of rotatable bonds is 3. The van der Waals surface area contributed by atoms with Gasteiger partial charge in [0.1, 0.15) is 0 Å². The highest BCUT2D eigenvalue weighted by molar-refractivity contribution is 6.31. The Balaban J connectivity index is 1.54. The van der Waals surface area contributed by atoms with Gasteiger partial charge < -0.3 is 10.6 Å². The molecule has 1 saturated heterocycles. The van der Waals surface area contributed by atoms with Crippen LogP contribution in [0.2, 0.25) is 5.02 Å². The van der Waals surface area contributed by atoms with Crippen LogP contribution in [0.1, 0.15) is 18.4 Å². The number of hydrogen-bond donors (Lipinski definition) is 2. The van der Waals surface area contributed by atoms with Crippen molar-refractivity contribution >= 4 is 11.6 Å². The van der Waals surface area contributed by atoms with Crippen molar-refractivity contribution in [2.75, 3.05) is 13.1 Å². The molecule has 1 aliphatic heterocycles. The number of nitrogens with one attached hydrogen (secondary N) is 2. The molecule has 2 nitrogen and oxygen atoms in total. The van der Waals surface area contributed by atoms with Crippen LogP contribution in [-0.4, -0.2) is 19.1 Å². The van der Waals surface area contributed by atoms with Gasteiger partial charge in [-0.15, -0.1) is 0 Å². The van der Waals surface area contributed by atoms with Gasteiger partial charge in [0.2, 0.25) is 0 Å². The molecule has 1 aromatic rings. The molecule has 2 N–H and O–H groups in total. The van der Waals surface area contributed by atoms with E-state index in [1.807, 2.05) is 12.1 Å². The molecule has 17 heavy (non-hydrogen) atoms. The summed E-state index contributed by atoms with van der Waals surface area (Å²) in [4.78, 5) is 0. The highest BCUT2D eigenvalue weighted by atomic mass is 35.5. The molecule has 0 aromatic heterocycles. The molecule has 3 rings (SSSR count). The van der Waals surface area contributed by atoms with Gasteiger partial charge in [0, 0.05) is 17.6 Å². The maximum atomic E-state index is 6.16. The Kier molecular flexibility index (Phi) is 3.37. The third-order valence-corrected chi connectivity index (χ3v) is 4.56. The molecule has 1 aromatic carbocycles. The van der Waals surface area contributed by atoms with E-state index in [1.54, 1.807) is 0 Å². The Morgan fingerprint density at radius 1 is 1.18 bits per heavy atom. The van der Waals surface area contributed by atoms with Gasteiger partial charge in [-0.3, -0.25) is 0 Å². The Morgan fingerprint density at radius 2 is 1.88 bits per heavy atom. The third kappa shape index (κ3) is 2.49. The Morgan fingerprint density at radius 3 is 2.59 bits per heavy atom. The van der Waals surface area contributed by atoms with Crippen molar-refractivity contribution < 1.29 is 0 Å². The summed E-state index contributed by atoms with van der Waals surface area (Å²) in [6.45, 7) is 3.33. The predicted molar refractivity (Wildman–Crippen MR) is 71.2 cm³/mol. The Hall–Kier alpha value is -0.570. The first kappa shape index (κ1) is 11.5. The summed E-state index contributed by atoms with van der Waals surface area (Å²) in [7, 11) is 0. The molecule has 0 radical (unpaired) electrons. The molecule has 0 spiro atoms. The van der Waals surface area contributed by atoms with Crippen LogP contribution in [0.4, 0.5) is 0 Å². The van der Waals surface area contributed by atoms with Crippen LogP contribution in [0.15, 0.2) is 24.3 Å². The topological polar surface area (TPSA) is 24.1 Å². The highest BCUT2D eigenvalue weighted by Gasteiger charge is 2.36. The fourth-order valence-electron chi connectivity index (χ4n) is 3.23. The molecule has 1 heterocycles. The molecule has 2 fully saturated rings. The van der Waals surface area contributed by atoms with Gasteiger partial charge >= 0.3 is 0 Å². The summed E-state index contributed by atoms with van der Waals surface area (Å²) in [5.74, 6) is 1.80. The minimum atomic E-state index is 0.684. The summed E-state index contributed by atoms with van der Waals surface area (Å²) in [6, 6.07) is 8.79. The van der Waals surface area contributed by atoms with Gasteiger partial charge in [-0.2, -0.15) is 0 Å². The Labute approximate surface area is 108 Å². The predicted octanol–water partition coefficient (Wildman–Crippen LogP) is 2.43. The van der Waals surface area contributed by atoms with E-state index in [4.69, 9.17) is 11.6 Å². The van der Waals surface area contributed by atoms with E-state index in [1.165, 1.54) is 31.5 Å². The summed E-state index contributed by atoms with van der Waals surface area (Å²) in [5, 5.41) is 8.01.